The van der Waals surface area contributed by atoms with E-state index in [9.17, 15) is 9.59 Å². The van der Waals surface area contributed by atoms with Gasteiger partial charge in [-0.2, -0.15) is 0 Å². The van der Waals surface area contributed by atoms with Gasteiger partial charge in [-0.25, -0.2) is 0 Å². The first-order valence-corrected chi connectivity index (χ1v) is 9.36. The molecule has 3 rings (SSSR count). The molecule has 1 aromatic rings. The number of carbonyl (C=O) groups is 2. The maximum Gasteiger partial charge on any atom is 0.228 e. The highest BCUT2D eigenvalue weighted by atomic mass is 16.2. The summed E-state index contributed by atoms with van der Waals surface area (Å²) in [4.78, 5) is 29.2. The molecule has 5 nitrogen and oxygen atoms in total. The van der Waals surface area contributed by atoms with E-state index in [1.807, 2.05) is 54.0 Å². The van der Waals surface area contributed by atoms with Crippen LogP contribution in [0.5, 0.6) is 0 Å². The zero-order valence-corrected chi connectivity index (χ0v) is 15.2. The highest BCUT2D eigenvalue weighted by Gasteiger charge is 2.39. The lowest BCUT2D eigenvalue weighted by atomic mass is 9.91. The summed E-state index contributed by atoms with van der Waals surface area (Å²) < 4.78 is 0. The Morgan fingerprint density at radius 2 is 1.92 bits per heavy atom. The monoisotopic (exact) mass is 343 g/mol. The fourth-order valence-corrected chi connectivity index (χ4v) is 4.08. The van der Waals surface area contributed by atoms with Gasteiger partial charge in [0.2, 0.25) is 11.8 Å². The SMILES string of the molecule is CC(N)C1CCCN(C(=O)C2CC(=O)N(C(C)c3ccccc3)C2)C1. The van der Waals surface area contributed by atoms with Crippen LogP contribution in [0.25, 0.3) is 0 Å². The minimum absolute atomic E-state index is 0.00432. The summed E-state index contributed by atoms with van der Waals surface area (Å²) in [7, 11) is 0. The topological polar surface area (TPSA) is 66.6 Å². The Bertz CT molecular complexity index is 617. The van der Waals surface area contributed by atoms with Crippen molar-refractivity contribution in [2.45, 2.75) is 45.2 Å². The number of benzene rings is 1. The van der Waals surface area contributed by atoms with Crippen LogP contribution in [0.1, 0.15) is 44.7 Å². The van der Waals surface area contributed by atoms with E-state index in [0.29, 0.717) is 18.9 Å². The normalized spacial score (nSPS) is 26.6. The predicted molar refractivity (Wildman–Crippen MR) is 97.6 cm³/mol. The van der Waals surface area contributed by atoms with E-state index in [1.54, 1.807) is 0 Å². The lowest BCUT2D eigenvalue weighted by Gasteiger charge is -2.36. The van der Waals surface area contributed by atoms with Crippen molar-refractivity contribution in [1.82, 2.24) is 9.80 Å². The van der Waals surface area contributed by atoms with E-state index in [4.69, 9.17) is 5.73 Å². The predicted octanol–water partition coefficient (Wildman–Crippen LogP) is 2.18. The van der Waals surface area contributed by atoms with Gasteiger partial charge in [0, 0.05) is 32.1 Å². The van der Waals surface area contributed by atoms with Gasteiger partial charge in [0.25, 0.3) is 0 Å². The highest BCUT2D eigenvalue weighted by Crippen LogP contribution is 2.30. The first kappa shape index (κ1) is 17.9. The molecule has 25 heavy (non-hydrogen) atoms. The van der Waals surface area contributed by atoms with Crippen molar-refractivity contribution in [2.75, 3.05) is 19.6 Å². The molecule has 2 fully saturated rings. The van der Waals surface area contributed by atoms with Crippen molar-refractivity contribution in [3.8, 4) is 0 Å². The van der Waals surface area contributed by atoms with Crippen LogP contribution in [0.15, 0.2) is 30.3 Å². The number of nitrogens with two attached hydrogens (primary N) is 1. The molecule has 1 aromatic carbocycles. The maximum atomic E-state index is 12.9. The van der Waals surface area contributed by atoms with Gasteiger partial charge < -0.3 is 15.5 Å². The van der Waals surface area contributed by atoms with Crippen LogP contribution >= 0.6 is 0 Å². The first-order valence-electron chi connectivity index (χ1n) is 9.36. The minimum atomic E-state index is -0.217. The fourth-order valence-electron chi connectivity index (χ4n) is 4.08. The van der Waals surface area contributed by atoms with Crippen molar-refractivity contribution in [1.29, 1.82) is 0 Å². The van der Waals surface area contributed by atoms with Crippen molar-refractivity contribution >= 4 is 11.8 Å². The number of hydrogen-bond donors (Lipinski definition) is 1. The molecule has 0 bridgehead atoms. The van der Waals surface area contributed by atoms with Crippen LogP contribution in [-0.4, -0.2) is 47.3 Å². The van der Waals surface area contributed by atoms with Crippen LogP contribution < -0.4 is 5.73 Å². The number of rotatable bonds is 4. The second-order valence-electron chi connectivity index (χ2n) is 7.58. The third-order valence-corrected chi connectivity index (χ3v) is 5.77. The standard InChI is InChI=1S/C20H29N3O2/c1-14(21)17-9-6-10-22(12-17)20(25)18-11-19(24)23(13-18)15(2)16-7-4-3-5-8-16/h3-5,7-8,14-15,17-18H,6,9-13,21H2,1-2H3. The third kappa shape index (κ3) is 3.87. The Balaban J connectivity index is 1.64. The van der Waals surface area contributed by atoms with Gasteiger partial charge in [-0.05, 0) is 38.2 Å². The number of amides is 2. The molecule has 4 unspecified atom stereocenters. The molecule has 5 heteroatoms. The number of nitrogens with zero attached hydrogens (tertiary/aromatic N) is 2. The van der Waals surface area contributed by atoms with Crippen molar-refractivity contribution in [3.05, 3.63) is 35.9 Å². The minimum Gasteiger partial charge on any atom is -0.342 e. The first-order chi connectivity index (χ1) is 12.0. The summed E-state index contributed by atoms with van der Waals surface area (Å²) in [6.45, 7) is 6.09. The number of carbonyl (C=O) groups excluding carboxylic acids is 2. The molecule has 2 aliphatic heterocycles. The molecule has 0 aromatic heterocycles. The molecule has 2 N–H and O–H groups in total. The third-order valence-electron chi connectivity index (χ3n) is 5.77. The van der Waals surface area contributed by atoms with E-state index in [0.717, 1.165) is 31.5 Å². The second kappa shape index (κ2) is 7.56. The van der Waals surface area contributed by atoms with Gasteiger partial charge in [-0.1, -0.05) is 30.3 Å². The molecule has 0 spiro atoms. The summed E-state index contributed by atoms with van der Waals surface area (Å²) >= 11 is 0. The summed E-state index contributed by atoms with van der Waals surface area (Å²) in [6, 6.07) is 10.1. The van der Waals surface area contributed by atoms with Gasteiger partial charge in [0.15, 0.2) is 0 Å². The fraction of sp³-hybridized carbons (Fsp3) is 0.600. The van der Waals surface area contributed by atoms with Crippen LogP contribution in [0.2, 0.25) is 0 Å². The maximum absolute atomic E-state index is 12.9. The van der Waals surface area contributed by atoms with Gasteiger partial charge in [0.1, 0.15) is 0 Å². The Morgan fingerprint density at radius 1 is 1.20 bits per heavy atom. The molecule has 2 aliphatic rings. The Labute approximate surface area is 150 Å². The summed E-state index contributed by atoms with van der Waals surface area (Å²) in [5, 5.41) is 0. The summed E-state index contributed by atoms with van der Waals surface area (Å²) in [5.41, 5.74) is 7.14. The van der Waals surface area contributed by atoms with E-state index < -0.39 is 0 Å². The van der Waals surface area contributed by atoms with Crippen LogP contribution in [-0.2, 0) is 9.59 Å². The molecular formula is C20H29N3O2. The quantitative estimate of drug-likeness (QED) is 0.911. The Morgan fingerprint density at radius 3 is 2.60 bits per heavy atom. The summed E-state index contributed by atoms with van der Waals surface area (Å²) in [6.07, 6.45) is 2.42. The largest absolute Gasteiger partial charge is 0.342 e. The molecule has 0 saturated carbocycles. The van der Waals surface area contributed by atoms with Crippen molar-refractivity contribution < 1.29 is 9.59 Å². The van der Waals surface area contributed by atoms with Crippen molar-refractivity contribution in [2.24, 2.45) is 17.6 Å². The lowest BCUT2D eigenvalue weighted by Crippen LogP contribution is -2.47. The van der Waals surface area contributed by atoms with Gasteiger partial charge in [-0.15, -0.1) is 0 Å². The highest BCUT2D eigenvalue weighted by molar-refractivity contribution is 5.89. The van der Waals surface area contributed by atoms with E-state index in [-0.39, 0.29) is 29.8 Å². The number of hydrogen-bond acceptors (Lipinski definition) is 3. The molecule has 4 atom stereocenters. The van der Waals surface area contributed by atoms with Gasteiger partial charge in [-0.3, -0.25) is 9.59 Å². The lowest BCUT2D eigenvalue weighted by molar-refractivity contribution is -0.137. The average Bonchev–Trinajstić information content (AvgIpc) is 3.03. The molecule has 2 heterocycles. The van der Waals surface area contributed by atoms with Gasteiger partial charge in [0.05, 0.1) is 12.0 Å². The van der Waals surface area contributed by atoms with E-state index in [1.165, 1.54) is 0 Å². The molecule has 0 aliphatic carbocycles. The smallest absolute Gasteiger partial charge is 0.228 e. The number of piperidine rings is 1. The zero-order valence-electron chi connectivity index (χ0n) is 15.2. The molecule has 136 valence electrons. The zero-order chi connectivity index (χ0) is 18.0. The molecule has 0 radical (unpaired) electrons. The van der Waals surface area contributed by atoms with E-state index in [2.05, 4.69) is 0 Å². The van der Waals surface area contributed by atoms with Crippen LogP contribution in [0.3, 0.4) is 0 Å². The van der Waals surface area contributed by atoms with E-state index >= 15 is 0 Å². The second-order valence-corrected chi connectivity index (χ2v) is 7.58. The Hall–Kier alpha value is -1.88. The summed E-state index contributed by atoms with van der Waals surface area (Å²) in [5.74, 6) is 0.358. The molecule has 2 amide bonds. The van der Waals surface area contributed by atoms with Gasteiger partial charge >= 0.3 is 0 Å². The van der Waals surface area contributed by atoms with Crippen LogP contribution in [0, 0.1) is 11.8 Å². The average molecular weight is 343 g/mol. The Kier molecular flexibility index (Phi) is 5.42. The molecule has 2 saturated heterocycles. The molecular weight excluding hydrogens is 314 g/mol. The van der Waals surface area contributed by atoms with Crippen LogP contribution in [0.4, 0.5) is 0 Å². The van der Waals surface area contributed by atoms with Crippen molar-refractivity contribution in [3.63, 3.8) is 0 Å². The number of likely N-dealkylation sites (tertiary alicyclic amines) is 2.